The fraction of sp³-hybridized carbons (Fsp3) is 0.667. The Balaban J connectivity index is 0.00000121. The van der Waals surface area contributed by atoms with Gasteiger partial charge < -0.3 is 10.8 Å². The van der Waals surface area contributed by atoms with Gasteiger partial charge in [-0.1, -0.05) is 0 Å². The number of aliphatic hydroxyl groups is 1. The molecule has 1 unspecified atom stereocenters. The molecule has 6 heteroatoms. The molecule has 4 N–H and O–H groups in total. The Morgan fingerprint density at radius 3 is 2.50 bits per heavy atom. The van der Waals surface area contributed by atoms with Crippen molar-refractivity contribution in [3.63, 3.8) is 0 Å². The summed E-state index contributed by atoms with van der Waals surface area (Å²) in [4.78, 5) is 0. The molecular weight excluding hydrogens is 271 g/mol. The van der Waals surface area contributed by atoms with Crippen LogP contribution in [-0.2, 0) is 0 Å². The molecule has 0 radical (unpaired) electrons. The van der Waals surface area contributed by atoms with Gasteiger partial charge in [0, 0.05) is 12.1 Å². The van der Waals surface area contributed by atoms with Crippen LogP contribution in [0.1, 0.15) is 20.3 Å². The van der Waals surface area contributed by atoms with E-state index in [1.807, 2.05) is 0 Å². The first-order valence-electron chi connectivity index (χ1n) is 3.34. The highest BCUT2D eigenvalue weighted by molar-refractivity contribution is 14.0. The average Bonchev–Trinajstić information content (AvgIpc) is 2.04. The molecule has 1 aliphatic heterocycles. The zero-order chi connectivity index (χ0) is 8.65. The van der Waals surface area contributed by atoms with E-state index >= 15 is 0 Å². The number of rotatable bonds is 0. The number of hydrogen-bond acceptors (Lipinski definition) is 3. The van der Waals surface area contributed by atoms with Gasteiger partial charge in [-0.15, -0.1) is 24.0 Å². The smallest absolute Gasteiger partial charge is 0.211 e. The summed E-state index contributed by atoms with van der Waals surface area (Å²) in [6.45, 7) is 3.37. The van der Waals surface area contributed by atoms with Crippen molar-refractivity contribution < 1.29 is 5.11 Å². The highest BCUT2D eigenvalue weighted by Gasteiger charge is 2.36. The van der Waals surface area contributed by atoms with Crippen LogP contribution in [0.4, 0.5) is 0 Å². The number of nitrogens with two attached hydrogens (primary N) is 1. The first-order chi connectivity index (χ1) is 4.93. The van der Waals surface area contributed by atoms with Crippen molar-refractivity contribution in [3.8, 4) is 0 Å². The third kappa shape index (κ3) is 2.07. The molecule has 1 aliphatic rings. The van der Waals surface area contributed by atoms with E-state index in [0.717, 1.165) is 10.7 Å². The van der Waals surface area contributed by atoms with Crippen molar-refractivity contribution in [1.29, 1.82) is 5.41 Å². The van der Waals surface area contributed by atoms with Crippen LogP contribution in [0.3, 0.4) is 0 Å². The van der Waals surface area contributed by atoms with Crippen molar-refractivity contribution in [3.05, 3.63) is 0 Å². The number of guanidine groups is 1. The predicted octanol–water partition coefficient (Wildman–Crippen LogP) is 0.288. The Bertz CT molecular complexity index is 226. The minimum absolute atomic E-state index is 0. The molecule has 0 fully saturated rings. The third-order valence-corrected chi connectivity index (χ3v) is 1.55. The molecule has 0 amide bonds. The molecule has 0 saturated heterocycles. The molecule has 0 bridgehead atoms. The van der Waals surface area contributed by atoms with Crippen molar-refractivity contribution >= 4 is 35.6 Å². The number of hydrogen-bond donors (Lipinski definition) is 3. The zero-order valence-electron chi connectivity index (χ0n) is 7.03. The summed E-state index contributed by atoms with van der Waals surface area (Å²) in [6, 6.07) is 0. The van der Waals surface area contributed by atoms with E-state index in [1.165, 1.54) is 0 Å². The molecule has 0 saturated carbocycles. The SMILES string of the molecule is CC1=NN(C(=N)N)C(C)(O)C1.I. The molecule has 0 aromatic rings. The summed E-state index contributed by atoms with van der Waals surface area (Å²) in [5, 5.41) is 21.7. The van der Waals surface area contributed by atoms with Gasteiger partial charge in [0.25, 0.3) is 0 Å². The van der Waals surface area contributed by atoms with Gasteiger partial charge in [-0.05, 0) is 13.8 Å². The lowest BCUT2D eigenvalue weighted by Gasteiger charge is -2.26. The van der Waals surface area contributed by atoms with Crippen LogP contribution in [0, 0.1) is 5.41 Å². The molecule has 12 heavy (non-hydrogen) atoms. The Labute approximate surface area is 88.1 Å². The van der Waals surface area contributed by atoms with Gasteiger partial charge in [0.2, 0.25) is 5.96 Å². The van der Waals surface area contributed by atoms with Crippen molar-refractivity contribution in [2.24, 2.45) is 10.8 Å². The van der Waals surface area contributed by atoms with Crippen LogP contribution in [0.5, 0.6) is 0 Å². The zero-order valence-corrected chi connectivity index (χ0v) is 9.36. The second kappa shape index (κ2) is 3.56. The number of nitrogens with zero attached hydrogens (tertiary/aromatic N) is 2. The molecule has 0 spiro atoms. The minimum Gasteiger partial charge on any atom is -0.369 e. The summed E-state index contributed by atoms with van der Waals surface area (Å²) in [5.41, 5.74) is 4.85. The van der Waals surface area contributed by atoms with Gasteiger partial charge in [0.05, 0.1) is 0 Å². The first kappa shape index (κ1) is 11.6. The first-order valence-corrected chi connectivity index (χ1v) is 3.34. The Kier molecular flexibility index (Phi) is 3.45. The fourth-order valence-corrected chi connectivity index (χ4v) is 1.19. The number of hydrazone groups is 1. The summed E-state index contributed by atoms with van der Waals surface area (Å²) in [5.74, 6) is -0.230. The van der Waals surface area contributed by atoms with E-state index in [9.17, 15) is 5.11 Å². The van der Waals surface area contributed by atoms with E-state index in [0.29, 0.717) is 6.42 Å². The van der Waals surface area contributed by atoms with Crippen molar-refractivity contribution in [1.82, 2.24) is 5.01 Å². The topological polar surface area (TPSA) is 85.7 Å². The van der Waals surface area contributed by atoms with Gasteiger partial charge in [-0.3, -0.25) is 5.41 Å². The van der Waals surface area contributed by atoms with E-state index in [2.05, 4.69) is 5.10 Å². The highest BCUT2D eigenvalue weighted by atomic mass is 127. The Morgan fingerprint density at radius 2 is 2.33 bits per heavy atom. The Morgan fingerprint density at radius 1 is 1.83 bits per heavy atom. The lowest BCUT2D eigenvalue weighted by molar-refractivity contribution is -0.0340. The molecule has 1 heterocycles. The van der Waals surface area contributed by atoms with Crippen LogP contribution in [-0.4, -0.2) is 27.5 Å². The lowest BCUT2D eigenvalue weighted by atomic mass is 10.1. The van der Waals surface area contributed by atoms with E-state index in [1.54, 1.807) is 13.8 Å². The molecule has 5 nitrogen and oxygen atoms in total. The molecule has 0 aromatic carbocycles. The third-order valence-electron chi connectivity index (χ3n) is 1.55. The maximum absolute atomic E-state index is 9.59. The maximum Gasteiger partial charge on any atom is 0.211 e. The van der Waals surface area contributed by atoms with E-state index in [-0.39, 0.29) is 29.9 Å². The van der Waals surface area contributed by atoms with E-state index in [4.69, 9.17) is 11.1 Å². The molecule has 1 rings (SSSR count). The standard InChI is InChI=1S/C6H12N4O.HI/c1-4-3-6(2,11)10(9-4)5(7)8;/h11H,3H2,1-2H3,(H3,7,8);1H. The van der Waals surface area contributed by atoms with E-state index < -0.39 is 5.72 Å². The summed E-state index contributed by atoms with van der Waals surface area (Å²) in [6.07, 6.45) is 0.437. The lowest BCUT2D eigenvalue weighted by Crippen LogP contribution is -2.46. The van der Waals surface area contributed by atoms with Gasteiger partial charge >= 0.3 is 0 Å². The second-order valence-corrected chi connectivity index (χ2v) is 2.93. The van der Waals surface area contributed by atoms with Gasteiger partial charge in [0.15, 0.2) is 5.72 Å². The number of nitrogens with one attached hydrogen (secondary N) is 1. The number of halogens is 1. The summed E-state index contributed by atoms with van der Waals surface area (Å²) in [7, 11) is 0. The highest BCUT2D eigenvalue weighted by Crippen LogP contribution is 2.23. The second-order valence-electron chi connectivity index (χ2n) is 2.93. The molecule has 1 atom stereocenters. The Hall–Kier alpha value is -0.370. The van der Waals surface area contributed by atoms with Gasteiger partial charge in [0.1, 0.15) is 0 Å². The maximum atomic E-state index is 9.59. The van der Waals surface area contributed by atoms with Gasteiger partial charge in [-0.25, -0.2) is 5.01 Å². The molecular formula is C6H13IN4O. The summed E-state index contributed by atoms with van der Waals surface area (Å²) >= 11 is 0. The average molecular weight is 284 g/mol. The van der Waals surface area contributed by atoms with Crippen LogP contribution in [0.2, 0.25) is 0 Å². The van der Waals surface area contributed by atoms with Crippen molar-refractivity contribution in [2.75, 3.05) is 0 Å². The minimum atomic E-state index is -1.12. The van der Waals surface area contributed by atoms with Crippen LogP contribution in [0.25, 0.3) is 0 Å². The molecule has 70 valence electrons. The van der Waals surface area contributed by atoms with Crippen molar-refractivity contribution in [2.45, 2.75) is 26.0 Å². The summed E-state index contributed by atoms with van der Waals surface area (Å²) < 4.78 is 0. The quantitative estimate of drug-likeness (QED) is 0.339. The van der Waals surface area contributed by atoms with Crippen LogP contribution >= 0.6 is 24.0 Å². The van der Waals surface area contributed by atoms with Crippen LogP contribution in [0.15, 0.2) is 5.10 Å². The van der Waals surface area contributed by atoms with Gasteiger partial charge in [-0.2, -0.15) is 5.10 Å². The fourth-order valence-electron chi connectivity index (χ4n) is 1.19. The largest absolute Gasteiger partial charge is 0.369 e. The van der Waals surface area contributed by atoms with Crippen LogP contribution < -0.4 is 5.73 Å². The predicted molar refractivity (Wildman–Crippen MR) is 57.5 cm³/mol. The monoisotopic (exact) mass is 284 g/mol. The molecule has 0 aliphatic carbocycles. The normalized spacial score (nSPS) is 27.9. The molecule has 0 aromatic heterocycles.